The smallest absolute Gasteiger partial charge is 0.312 e. The Kier molecular flexibility index (Phi) is 8.13. The van der Waals surface area contributed by atoms with Crippen molar-refractivity contribution < 1.29 is 24.6 Å². The van der Waals surface area contributed by atoms with Crippen LogP contribution in [0.5, 0.6) is 0 Å². The fraction of sp³-hybridized carbons (Fsp3) is 0.605. The van der Waals surface area contributed by atoms with E-state index >= 15 is 0 Å². The van der Waals surface area contributed by atoms with Gasteiger partial charge < -0.3 is 15.1 Å². The summed E-state index contributed by atoms with van der Waals surface area (Å²) in [5.74, 6) is 0.0266. The zero-order valence-electron chi connectivity index (χ0n) is 30.3. The van der Waals surface area contributed by atoms with Gasteiger partial charge in [-0.15, -0.1) is 0 Å². The Morgan fingerprint density at radius 3 is 2.08 bits per heavy atom. The minimum Gasteiger partial charge on any atom is -0.452 e. The molecular formula is C43H55NO5. The number of ketones is 1. The number of carbonyl (C=O) groups is 2. The molecular weight excluding hydrogens is 610 g/mol. The molecule has 0 radical (unpaired) electrons. The fourth-order valence-corrected chi connectivity index (χ4v) is 12.2. The van der Waals surface area contributed by atoms with Crippen LogP contribution >= 0.6 is 0 Å². The minimum absolute atomic E-state index is 0.0146. The molecule has 2 aromatic carbocycles. The molecule has 0 saturated heterocycles. The third-order valence-electron chi connectivity index (χ3n) is 15.5. The van der Waals surface area contributed by atoms with Gasteiger partial charge in [-0.05, 0) is 115 Å². The Bertz CT molecular complexity index is 1650. The number of aliphatic hydroxyl groups excluding tert-OH is 1. The van der Waals surface area contributed by atoms with Crippen LogP contribution in [0.25, 0.3) is 0 Å². The van der Waals surface area contributed by atoms with Gasteiger partial charge in [0.25, 0.3) is 0 Å². The van der Waals surface area contributed by atoms with E-state index in [4.69, 9.17) is 4.74 Å². The molecule has 5 aliphatic carbocycles. The highest BCUT2D eigenvalue weighted by molar-refractivity contribution is 5.97. The molecule has 6 nitrogen and oxygen atoms in total. The van der Waals surface area contributed by atoms with Gasteiger partial charge in [0.05, 0.1) is 17.7 Å². The van der Waals surface area contributed by atoms with Gasteiger partial charge in [0, 0.05) is 11.3 Å². The van der Waals surface area contributed by atoms with E-state index in [0.29, 0.717) is 18.6 Å². The van der Waals surface area contributed by atoms with Crippen molar-refractivity contribution in [2.75, 3.05) is 6.61 Å². The summed E-state index contributed by atoms with van der Waals surface area (Å²) in [6.07, 6.45) is 9.11. The molecule has 2 aromatic rings. The number of oxime groups is 1. The Hall–Kier alpha value is -3.25. The van der Waals surface area contributed by atoms with E-state index < -0.39 is 16.9 Å². The van der Waals surface area contributed by atoms with Crippen LogP contribution in [0, 0.1) is 50.2 Å². The average Bonchev–Trinajstić information content (AvgIpc) is 3.09. The van der Waals surface area contributed by atoms with Gasteiger partial charge in [0.1, 0.15) is 0 Å². The van der Waals surface area contributed by atoms with E-state index in [0.717, 1.165) is 56.1 Å². The monoisotopic (exact) mass is 665 g/mol. The fourth-order valence-electron chi connectivity index (χ4n) is 12.2. The highest BCUT2D eigenvalue weighted by Crippen LogP contribution is 2.75. The van der Waals surface area contributed by atoms with E-state index in [1.807, 2.05) is 73.7 Å². The molecule has 7 rings (SSSR count). The van der Waals surface area contributed by atoms with Crippen molar-refractivity contribution in [3.8, 4) is 0 Å². The van der Waals surface area contributed by atoms with Crippen molar-refractivity contribution in [2.24, 2.45) is 55.4 Å². The van der Waals surface area contributed by atoms with Gasteiger partial charge in [0.2, 0.25) is 0 Å². The standard InChI is InChI=1S/C43H55NO5/c1-38-21-22-39(2,37(47)49-35(28-13-9-7-10-14-28)29-15-11-8-12-16-29)26-31(38)30-25-32(46)36-40(3)19-18-34(44-48)41(4,27-45)33(40)17-20-43(36,6)42(30,5)24-23-38/h7-16,25,31,33,35-36,45,48H,17-24,26-27H2,1-6H3/b44-34+/t31-,33+,36?,38+,39-,40-,41?,42+,43+/m0/s1. The molecule has 49 heavy (non-hydrogen) atoms. The van der Waals surface area contributed by atoms with E-state index in [2.05, 4.69) is 39.8 Å². The number of benzene rings is 2. The van der Waals surface area contributed by atoms with E-state index in [-0.39, 0.29) is 57.8 Å². The summed E-state index contributed by atoms with van der Waals surface area (Å²) in [6, 6.07) is 20.0. The highest BCUT2D eigenvalue weighted by atomic mass is 16.5. The summed E-state index contributed by atoms with van der Waals surface area (Å²) in [7, 11) is 0. The lowest BCUT2D eigenvalue weighted by atomic mass is 9.33. The van der Waals surface area contributed by atoms with Gasteiger partial charge in [-0.1, -0.05) is 106 Å². The predicted molar refractivity (Wildman–Crippen MR) is 191 cm³/mol. The molecule has 0 aliphatic heterocycles. The van der Waals surface area contributed by atoms with Gasteiger partial charge in [-0.25, -0.2) is 0 Å². The Labute approximate surface area is 292 Å². The van der Waals surface area contributed by atoms with Crippen LogP contribution < -0.4 is 0 Å². The number of hydrogen-bond donors (Lipinski definition) is 2. The van der Waals surface area contributed by atoms with Crippen LogP contribution in [-0.2, 0) is 14.3 Å². The van der Waals surface area contributed by atoms with Gasteiger partial charge in [-0.2, -0.15) is 0 Å². The van der Waals surface area contributed by atoms with Crippen LogP contribution in [-0.4, -0.2) is 34.4 Å². The molecule has 2 N–H and O–H groups in total. The zero-order valence-corrected chi connectivity index (χ0v) is 30.3. The first kappa shape index (κ1) is 34.2. The van der Waals surface area contributed by atoms with Crippen molar-refractivity contribution in [3.63, 3.8) is 0 Å². The maximum atomic E-state index is 14.8. The molecule has 6 heteroatoms. The molecule has 4 fully saturated rings. The number of allylic oxidation sites excluding steroid dienone is 2. The first-order valence-corrected chi connectivity index (χ1v) is 18.6. The number of aliphatic hydroxyl groups is 1. The average molecular weight is 666 g/mol. The van der Waals surface area contributed by atoms with Gasteiger partial charge >= 0.3 is 5.97 Å². The quantitative estimate of drug-likeness (QED) is 0.189. The topological polar surface area (TPSA) is 96.2 Å². The second-order valence-corrected chi connectivity index (χ2v) is 18.0. The predicted octanol–water partition coefficient (Wildman–Crippen LogP) is 9.10. The maximum Gasteiger partial charge on any atom is 0.312 e. The summed E-state index contributed by atoms with van der Waals surface area (Å²) in [5.41, 5.74) is 1.74. The van der Waals surface area contributed by atoms with Crippen LogP contribution in [0.4, 0.5) is 0 Å². The van der Waals surface area contributed by atoms with Crippen molar-refractivity contribution in [1.82, 2.24) is 0 Å². The molecule has 0 aromatic heterocycles. The van der Waals surface area contributed by atoms with Gasteiger partial charge in [-0.3, -0.25) is 9.59 Å². The van der Waals surface area contributed by atoms with E-state index in [1.165, 1.54) is 5.57 Å². The summed E-state index contributed by atoms with van der Waals surface area (Å²) in [6.45, 7) is 13.5. The zero-order chi connectivity index (χ0) is 35.0. The SMILES string of the molecule is CC1(CO)/C(=N/O)CC[C@]2(C)C3C(=O)C=C4[C@@H]5C[C@@](C)(C(=O)OC(c6ccccc6)c6ccccc6)CC[C@]5(C)CC[C@@]4(C)[C@]3(C)CC[C@@H]12. The Morgan fingerprint density at radius 1 is 0.878 bits per heavy atom. The van der Waals surface area contributed by atoms with Crippen molar-refractivity contribution in [1.29, 1.82) is 0 Å². The second kappa shape index (κ2) is 11.6. The Balaban J connectivity index is 1.23. The minimum atomic E-state index is -0.679. The van der Waals surface area contributed by atoms with E-state index in [9.17, 15) is 19.9 Å². The third kappa shape index (κ3) is 4.86. The number of fused-ring (bicyclic) bond motifs is 7. The highest BCUT2D eigenvalue weighted by Gasteiger charge is 2.70. The second-order valence-electron chi connectivity index (χ2n) is 18.0. The lowest BCUT2D eigenvalue weighted by Crippen LogP contribution is -2.67. The molecule has 9 atom stereocenters. The lowest BCUT2D eigenvalue weighted by Gasteiger charge is -2.70. The molecule has 2 unspecified atom stereocenters. The largest absolute Gasteiger partial charge is 0.452 e. The van der Waals surface area contributed by atoms with Crippen molar-refractivity contribution in [2.45, 2.75) is 105 Å². The summed E-state index contributed by atoms with van der Waals surface area (Å²) < 4.78 is 6.51. The lowest BCUT2D eigenvalue weighted by molar-refractivity contribution is -0.180. The molecule has 5 aliphatic rings. The van der Waals surface area contributed by atoms with Crippen LogP contribution in [0.1, 0.15) is 117 Å². The summed E-state index contributed by atoms with van der Waals surface area (Å²) in [5, 5.41) is 24.3. The van der Waals surface area contributed by atoms with Crippen LogP contribution in [0.2, 0.25) is 0 Å². The molecule has 0 spiro atoms. The van der Waals surface area contributed by atoms with Gasteiger partial charge in [0.15, 0.2) is 11.9 Å². The number of nitrogens with zero attached hydrogens (tertiary/aromatic N) is 1. The molecule has 262 valence electrons. The first-order valence-electron chi connectivity index (χ1n) is 18.6. The van der Waals surface area contributed by atoms with E-state index in [1.54, 1.807) is 0 Å². The molecule has 0 heterocycles. The number of ether oxygens (including phenoxy) is 1. The van der Waals surface area contributed by atoms with Crippen molar-refractivity contribution in [3.05, 3.63) is 83.4 Å². The molecule has 4 saturated carbocycles. The first-order chi connectivity index (χ1) is 23.2. The number of esters is 1. The maximum absolute atomic E-state index is 14.8. The number of hydrogen-bond acceptors (Lipinski definition) is 6. The molecule has 0 amide bonds. The Morgan fingerprint density at radius 2 is 1.49 bits per heavy atom. The summed E-state index contributed by atoms with van der Waals surface area (Å²) in [4.78, 5) is 29.2. The van der Waals surface area contributed by atoms with Crippen LogP contribution in [0.15, 0.2) is 77.5 Å². The van der Waals surface area contributed by atoms with Crippen molar-refractivity contribution >= 4 is 17.5 Å². The third-order valence-corrected chi connectivity index (χ3v) is 15.5. The molecule has 0 bridgehead atoms. The number of rotatable bonds is 5. The summed E-state index contributed by atoms with van der Waals surface area (Å²) >= 11 is 0. The number of carbonyl (C=O) groups excluding carboxylic acids is 2. The van der Waals surface area contributed by atoms with Crippen LogP contribution in [0.3, 0.4) is 0 Å². The normalized spacial score (nSPS) is 42.4.